The maximum absolute atomic E-state index is 12.9. The van der Waals surface area contributed by atoms with Crippen LogP contribution in [-0.2, 0) is 19.5 Å². The summed E-state index contributed by atoms with van der Waals surface area (Å²) in [6, 6.07) is 7.90. The number of thiophene rings is 1. The van der Waals surface area contributed by atoms with Gasteiger partial charge in [-0.1, -0.05) is 0 Å². The van der Waals surface area contributed by atoms with Gasteiger partial charge in [0, 0.05) is 47.6 Å². The van der Waals surface area contributed by atoms with Crippen molar-refractivity contribution in [2.24, 2.45) is 0 Å². The van der Waals surface area contributed by atoms with Crippen molar-refractivity contribution in [3.63, 3.8) is 0 Å². The number of nitrogens with zero attached hydrogens (tertiary/aromatic N) is 4. The van der Waals surface area contributed by atoms with Crippen LogP contribution in [0.4, 0.5) is 0 Å². The molecule has 166 valence electrons. The Kier molecular flexibility index (Phi) is 5.89. The van der Waals surface area contributed by atoms with Crippen molar-refractivity contribution in [2.75, 3.05) is 19.6 Å². The zero-order chi connectivity index (χ0) is 22.1. The zero-order valence-electron chi connectivity index (χ0n) is 18.2. The van der Waals surface area contributed by atoms with E-state index >= 15 is 0 Å². The second-order valence-electron chi connectivity index (χ2n) is 8.66. The number of rotatable bonds is 4. The van der Waals surface area contributed by atoms with Gasteiger partial charge in [0.15, 0.2) is 0 Å². The molecule has 1 fully saturated rings. The van der Waals surface area contributed by atoms with Crippen LogP contribution in [0.1, 0.15) is 56.0 Å². The number of pyridine rings is 1. The van der Waals surface area contributed by atoms with Crippen LogP contribution in [0.3, 0.4) is 0 Å². The van der Waals surface area contributed by atoms with Gasteiger partial charge in [-0.05, 0) is 57.1 Å². The predicted octanol–water partition coefficient (Wildman–Crippen LogP) is 3.11. The first-order valence-corrected chi connectivity index (χ1v) is 12.0. The summed E-state index contributed by atoms with van der Waals surface area (Å²) < 4.78 is 0. The molecular formula is C24H27N5O2S. The minimum Gasteiger partial charge on any atom is -0.334 e. The summed E-state index contributed by atoms with van der Waals surface area (Å²) in [5.41, 5.74) is 1.89. The van der Waals surface area contributed by atoms with Gasteiger partial charge in [0.2, 0.25) is 0 Å². The molecule has 32 heavy (non-hydrogen) atoms. The van der Waals surface area contributed by atoms with Gasteiger partial charge in [0.25, 0.3) is 11.5 Å². The molecule has 1 N–H and O–H groups in total. The molecular weight excluding hydrogens is 422 g/mol. The fraction of sp³-hybridized carbons (Fsp3) is 0.417. The third kappa shape index (κ3) is 4.38. The van der Waals surface area contributed by atoms with E-state index in [4.69, 9.17) is 4.98 Å². The van der Waals surface area contributed by atoms with Gasteiger partial charge in [-0.25, -0.2) is 4.98 Å². The van der Waals surface area contributed by atoms with E-state index in [-0.39, 0.29) is 17.4 Å². The van der Waals surface area contributed by atoms with Crippen LogP contribution >= 0.6 is 11.3 Å². The number of aromatic nitrogens is 3. The molecule has 2 aliphatic rings. The van der Waals surface area contributed by atoms with E-state index in [0.717, 1.165) is 44.0 Å². The van der Waals surface area contributed by atoms with E-state index in [9.17, 15) is 9.59 Å². The monoisotopic (exact) mass is 449 g/mol. The number of carbonyl (C=O) groups is 1. The van der Waals surface area contributed by atoms with Crippen LogP contribution in [0, 0.1) is 6.92 Å². The second kappa shape index (κ2) is 8.96. The minimum absolute atomic E-state index is 0.0967. The van der Waals surface area contributed by atoms with Gasteiger partial charge >= 0.3 is 0 Å². The van der Waals surface area contributed by atoms with Gasteiger partial charge in [0.1, 0.15) is 5.82 Å². The topological polar surface area (TPSA) is 82.2 Å². The first-order chi connectivity index (χ1) is 15.6. The number of amides is 1. The van der Waals surface area contributed by atoms with Gasteiger partial charge in [0.05, 0.1) is 23.4 Å². The number of hydrogen-bond acceptors (Lipinski definition) is 6. The van der Waals surface area contributed by atoms with Crippen LogP contribution in [0.2, 0.25) is 0 Å². The zero-order valence-corrected chi connectivity index (χ0v) is 19.0. The van der Waals surface area contributed by atoms with Crippen molar-refractivity contribution in [1.29, 1.82) is 0 Å². The number of H-pyrrole nitrogens is 1. The molecule has 7 nitrogen and oxygen atoms in total. The van der Waals surface area contributed by atoms with Crippen molar-refractivity contribution in [3.05, 3.63) is 79.4 Å². The van der Waals surface area contributed by atoms with Crippen LogP contribution < -0.4 is 5.56 Å². The summed E-state index contributed by atoms with van der Waals surface area (Å²) in [5.74, 6) is 0.998. The molecule has 1 amide bonds. The highest BCUT2D eigenvalue weighted by atomic mass is 32.1. The Morgan fingerprint density at radius 2 is 2.06 bits per heavy atom. The molecule has 1 saturated heterocycles. The predicted molar refractivity (Wildman–Crippen MR) is 124 cm³/mol. The molecule has 0 unspecified atom stereocenters. The van der Waals surface area contributed by atoms with Crippen LogP contribution in [-0.4, -0.2) is 50.3 Å². The molecule has 0 radical (unpaired) electrons. The van der Waals surface area contributed by atoms with Crippen molar-refractivity contribution >= 4 is 17.2 Å². The average Bonchev–Trinajstić information content (AvgIpc) is 3.24. The molecule has 0 spiro atoms. The molecule has 5 rings (SSSR count). The van der Waals surface area contributed by atoms with Crippen molar-refractivity contribution in [1.82, 2.24) is 24.8 Å². The Labute approximate surface area is 191 Å². The summed E-state index contributed by atoms with van der Waals surface area (Å²) in [6.45, 7) is 6.03. The van der Waals surface area contributed by atoms with E-state index < -0.39 is 0 Å². The second-order valence-corrected chi connectivity index (χ2v) is 10.0. The Balaban J connectivity index is 1.25. The molecule has 2 aliphatic heterocycles. The molecule has 5 heterocycles. The SMILES string of the molecule is Cc1ccc(CN2CCC(c3nc4c(c(=O)[nH]3)CN(C(=O)c3cccnc3)CC4)CC2)s1. The summed E-state index contributed by atoms with van der Waals surface area (Å²) >= 11 is 1.86. The number of fused-ring (bicyclic) bond motifs is 1. The van der Waals surface area contributed by atoms with E-state index in [1.807, 2.05) is 11.3 Å². The van der Waals surface area contributed by atoms with E-state index in [1.54, 1.807) is 29.4 Å². The molecule has 0 aliphatic carbocycles. The first-order valence-electron chi connectivity index (χ1n) is 11.2. The summed E-state index contributed by atoms with van der Waals surface area (Å²) in [7, 11) is 0. The van der Waals surface area contributed by atoms with Gasteiger partial charge < -0.3 is 9.88 Å². The number of aromatic amines is 1. The Bertz CT molecular complexity index is 1160. The lowest BCUT2D eigenvalue weighted by atomic mass is 9.95. The molecule has 3 aromatic heterocycles. The molecule has 3 aromatic rings. The molecule has 0 saturated carbocycles. The molecule has 0 bridgehead atoms. The lowest BCUT2D eigenvalue weighted by Crippen LogP contribution is -2.40. The number of carbonyl (C=O) groups excluding carboxylic acids is 1. The standard InChI is InChI=1S/C24H27N5O2S/c1-16-4-5-19(32-16)14-28-10-6-17(7-11-28)22-26-21-8-12-29(15-20(21)23(30)27-22)24(31)18-3-2-9-25-13-18/h2-5,9,13,17H,6-8,10-12,14-15H2,1H3,(H,26,27,30). The Morgan fingerprint density at radius 1 is 1.22 bits per heavy atom. The smallest absolute Gasteiger partial charge is 0.256 e. The van der Waals surface area contributed by atoms with Gasteiger partial charge in [-0.15, -0.1) is 11.3 Å². The number of piperidine rings is 1. The lowest BCUT2D eigenvalue weighted by Gasteiger charge is -2.32. The lowest BCUT2D eigenvalue weighted by molar-refractivity contribution is 0.0732. The highest BCUT2D eigenvalue weighted by Crippen LogP contribution is 2.28. The maximum atomic E-state index is 12.9. The van der Waals surface area contributed by atoms with E-state index in [0.29, 0.717) is 30.6 Å². The average molecular weight is 450 g/mol. The Morgan fingerprint density at radius 3 is 2.78 bits per heavy atom. The van der Waals surface area contributed by atoms with Crippen LogP contribution in [0.15, 0.2) is 41.5 Å². The fourth-order valence-electron chi connectivity index (χ4n) is 4.64. The summed E-state index contributed by atoms with van der Waals surface area (Å²) in [5, 5.41) is 0. The van der Waals surface area contributed by atoms with Crippen LogP contribution in [0.5, 0.6) is 0 Å². The van der Waals surface area contributed by atoms with Gasteiger partial charge in [-0.3, -0.25) is 19.5 Å². The van der Waals surface area contributed by atoms with Crippen molar-refractivity contribution < 1.29 is 4.79 Å². The highest BCUT2D eigenvalue weighted by Gasteiger charge is 2.28. The van der Waals surface area contributed by atoms with Crippen molar-refractivity contribution in [2.45, 2.75) is 45.2 Å². The maximum Gasteiger partial charge on any atom is 0.256 e. The number of aryl methyl sites for hydroxylation is 1. The third-order valence-electron chi connectivity index (χ3n) is 6.43. The molecule has 8 heteroatoms. The normalized spacial score (nSPS) is 17.3. The number of nitrogens with one attached hydrogen (secondary N) is 1. The molecule has 0 atom stereocenters. The highest BCUT2D eigenvalue weighted by molar-refractivity contribution is 7.11. The van der Waals surface area contributed by atoms with Crippen LogP contribution in [0.25, 0.3) is 0 Å². The third-order valence-corrected chi connectivity index (χ3v) is 7.42. The number of hydrogen-bond donors (Lipinski definition) is 1. The van der Waals surface area contributed by atoms with E-state index in [1.165, 1.54) is 9.75 Å². The fourth-order valence-corrected chi connectivity index (χ4v) is 5.57. The first kappa shape index (κ1) is 21.0. The largest absolute Gasteiger partial charge is 0.334 e. The minimum atomic E-state index is -0.106. The number of likely N-dealkylation sites (tertiary alicyclic amines) is 1. The van der Waals surface area contributed by atoms with Gasteiger partial charge in [-0.2, -0.15) is 0 Å². The quantitative estimate of drug-likeness (QED) is 0.662. The summed E-state index contributed by atoms with van der Waals surface area (Å²) in [4.78, 5) is 44.5. The van der Waals surface area contributed by atoms with Crippen molar-refractivity contribution in [3.8, 4) is 0 Å². The molecule has 0 aromatic carbocycles. The summed E-state index contributed by atoms with van der Waals surface area (Å²) in [6.07, 6.45) is 5.81. The van der Waals surface area contributed by atoms with E-state index in [2.05, 4.69) is 33.9 Å². The Hall–Kier alpha value is -2.84.